The van der Waals surface area contributed by atoms with Gasteiger partial charge in [-0.1, -0.05) is 32.3 Å². The van der Waals surface area contributed by atoms with Gasteiger partial charge in [0.2, 0.25) is 5.91 Å². The minimum atomic E-state index is -0.969. The third-order valence-corrected chi connectivity index (χ3v) is 7.33. The van der Waals surface area contributed by atoms with Crippen LogP contribution in [0.15, 0.2) is 36.4 Å². The molecule has 0 radical (unpaired) electrons. The van der Waals surface area contributed by atoms with Crippen LogP contribution in [-0.2, 0) is 16.0 Å². The number of ether oxygens (including phenoxy) is 2. The minimum absolute atomic E-state index is 0.0404. The maximum Gasteiger partial charge on any atom is 0.220 e. The first-order valence-electron chi connectivity index (χ1n) is 14.0. The van der Waals surface area contributed by atoms with Crippen molar-refractivity contribution < 1.29 is 28.2 Å². The SMILES string of the molecule is CCCOc1ccc2c(c1)[C@@H]1CC2OCCCCCCCC(=O)N[C@@H](Cc2cc(F)cc(F)c2)[C@H](O)CN1. The number of carbonyl (C=O) groups excluding carboxylic acids is 1. The van der Waals surface area contributed by atoms with Crippen LogP contribution in [0.1, 0.15) is 87.1 Å². The number of β-amino-alcohol motifs (C(OH)–C–C–N with tert-alkyl or cyclic N) is 1. The number of benzene rings is 2. The fourth-order valence-electron chi connectivity index (χ4n) is 5.37. The second-order valence-corrected chi connectivity index (χ2v) is 10.4. The van der Waals surface area contributed by atoms with Crippen LogP contribution in [0.2, 0.25) is 0 Å². The van der Waals surface area contributed by atoms with Gasteiger partial charge in [0.25, 0.3) is 0 Å². The number of aliphatic hydroxyl groups excluding tert-OH is 1. The summed E-state index contributed by atoms with van der Waals surface area (Å²) >= 11 is 0. The first kappa shape index (κ1) is 28.5. The van der Waals surface area contributed by atoms with Gasteiger partial charge in [0.1, 0.15) is 17.4 Å². The lowest BCUT2D eigenvalue weighted by molar-refractivity contribution is -0.122. The molecule has 0 spiro atoms. The summed E-state index contributed by atoms with van der Waals surface area (Å²) in [5.74, 6) is -0.725. The van der Waals surface area contributed by atoms with Crippen LogP contribution in [0.5, 0.6) is 5.75 Å². The molecule has 8 heteroatoms. The summed E-state index contributed by atoms with van der Waals surface area (Å²) < 4.78 is 39.8. The van der Waals surface area contributed by atoms with E-state index in [0.29, 0.717) is 25.2 Å². The van der Waals surface area contributed by atoms with Gasteiger partial charge in [-0.15, -0.1) is 0 Å². The van der Waals surface area contributed by atoms with Gasteiger partial charge in [0.15, 0.2) is 0 Å². The number of fused-ring (bicyclic) bond motifs is 5. The third-order valence-electron chi connectivity index (χ3n) is 7.33. The maximum absolute atomic E-state index is 13.8. The van der Waals surface area contributed by atoms with Gasteiger partial charge in [0.05, 0.1) is 24.9 Å². The molecule has 2 aliphatic rings. The van der Waals surface area contributed by atoms with Crippen molar-refractivity contribution in [1.82, 2.24) is 10.6 Å². The number of amides is 1. The molecule has 1 aliphatic carbocycles. The number of halogens is 2. The van der Waals surface area contributed by atoms with Crippen LogP contribution in [0, 0.1) is 11.6 Å². The van der Waals surface area contributed by atoms with Crippen LogP contribution in [0.3, 0.4) is 0 Å². The van der Waals surface area contributed by atoms with E-state index in [2.05, 4.69) is 23.6 Å². The molecule has 38 heavy (non-hydrogen) atoms. The predicted octanol–water partition coefficient (Wildman–Crippen LogP) is 5.29. The van der Waals surface area contributed by atoms with Gasteiger partial charge in [-0.2, -0.15) is 0 Å². The Labute approximate surface area is 224 Å². The number of rotatable bonds is 5. The van der Waals surface area contributed by atoms with Crippen molar-refractivity contribution in [2.24, 2.45) is 0 Å². The topological polar surface area (TPSA) is 79.8 Å². The van der Waals surface area contributed by atoms with Crippen molar-refractivity contribution in [3.63, 3.8) is 0 Å². The standard InChI is InChI=1S/C30H40F2N2O4/c1-2-11-37-23-9-10-24-25(17-23)26-18-29(24)38-12-7-5-3-4-6-8-30(36)34-27(28(35)19-33-26)15-20-13-21(31)16-22(32)14-20/h9-10,13-14,16-17,26-29,33,35H,2-8,11-12,15,18-19H2,1H3,(H,34,36)/t26-,27-,28+,29?/m0/s1. The van der Waals surface area contributed by atoms with E-state index in [1.807, 2.05) is 12.1 Å². The fourth-order valence-corrected chi connectivity index (χ4v) is 5.37. The molecule has 1 fully saturated rings. The quantitative estimate of drug-likeness (QED) is 0.490. The van der Waals surface area contributed by atoms with E-state index in [1.54, 1.807) is 0 Å². The van der Waals surface area contributed by atoms with Crippen LogP contribution >= 0.6 is 0 Å². The Morgan fingerprint density at radius 1 is 1.03 bits per heavy atom. The van der Waals surface area contributed by atoms with Crippen LogP contribution in [-0.4, -0.2) is 42.9 Å². The molecule has 1 heterocycles. The highest BCUT2D eigenvalue weighted by molar-refractivity contribution is 5.76. The molecule has 3 N–H and O–H groups in total. The summed E-state index contributed by atoms with van der Waals surface area (Å²) in [6.45, 7) is 3.58. The molecular weight excluding hydrogens is 490 g/mol. The largest absolute Gasteiger partial charge is 0.494 e. The fraction of sp³-hybridized carbons (Fsp3) is 0.567. The smallest absolute Gasteiger partial charge is 0.220 e. The van der Waals surface area contributed by atoms with Crippen molar-refractivity contribution in [2.75, 3.05) is 19.8 Å². The molecule has 1 aliphatic heterocycles. The number of aliphatic hydroxyl groups is 1. The number of hydrogen-bond donors (Lipinski definition) is 3. The van der Waals surface area contributed by atoms with Gasteiger partial charge in [-0.25, -0.2) is 8.78 Å². The minimum Gasteiger partial charge on any atom is -0.494 e. The Morgan fingerprint density at radius 2 is 1.79 bits per heavy atom. The summed E-state index contributed by atoms with van der Waals surface area (Å²) in [4.78, 5) is 12.7. The zero-order valence-corrected chi connectivity index (χ0v) is 22.2. The molecule has 4 rings (SSSR count). The number of carbonyl (C=O) groups is 1. The van der Waals surface area contributed by atoms with Gasteiger partial charge in [-0.05, 0) is 73.1 Å². The Balaban J connectivity index is 1.53. The lowest BCUT2D eigenvalue weighted by Crippen LogP contribution is -2.49. The van der Waals surface area contributed by atoms with Crippen LogP contribution < -0.4 is 15.4 Å². The van der Waals surface area contributed by atoms with Gasteiger partial charge < -0.3 is 25.2 Å². The van der Waals surface area contributed by atoms with E-state index in [0.717, 1.165) is 67.9 Å². The predicted molar refractivity (Wildman–Crippen MR) is 142 cm³/mol. The molecule has 4 atom stereocenters. The molecule has 1 saturated heterocycles. The van der Waals surface area contributed by atoms with Crippen molar-refractivity contribution in [2.45, 2.75) is 89.0 Å². The van der Waals surface area contributed by atoms with Crippen LogP contribution in [0.25, 0.3) is 0 Å². The van der Waals surface area contributed by atoms with Crippen molar-refractivity contribution in [3.05, 3.63) is 64.7 Å². The molecule has 0 aromatic heterocycles. The molecular formula is C30H40F2N2O4. The summed E-state index contributed by atoms with van der Waals surface area (Å²) in [6, 6.07) is 8.64. The molecule has 1 unspecified atom stereocenters. The Kier molecular flexibility index (Phi) is 10.5. The lowest BCUT2D eigenvalue weighted by atomic mass is 9.99. The van der Waals surface area contributed by atoms with E-state index in [4.69, 9.17) is 9.47 Å². The summed E-state index contributed by atoms with van der Waals surface area (Å²) in [5, 5.41) is 17.6. The molecule has 6 nitrogen and oxygen atoms in total. The zero-order valence-electron chi connectivity index (χ0n) is 22.2. The van der Waals surface area contributed by atoms with Crippen molar-refractivity contribution in [3.8, 4) is 5.75 Å². The van der Waals surface area contributed by atoms with Gasteiger partial charge >= 0.3 is 0 Å². The Hall–Kier alpha value is -2.55. The lowest BCUT2D eigenvalue weighted by Gasteiger charge is -2.26. The number of hydrogen-bond acceptors (Lipinski definition) is 5. The maximum atomic E-state index is 13.8. The Bertz CT molecular complexity index is 1050. The third kappa shape index (κ3) is 7.98. The number of nitrogens with one attached hydrogen (secondary N) is 2. The monoisotopic (exact) mass is 530 g/mol. The molecule has 2 aromatic carbocycles. The van der Waals surface area contributed by atoms with Crippen LogP contribution in [0.4, 0.5) is 8.78 Å². The first-order chi connectivity index (χ1) is 18.4. The zero-order chi connectivity index (χ0) is 26.9. The van der Waals surface area contributed by atoms with Gasteiger partial charge in [0, 0.05) is 31.7 Å². The highest BCUT2D eigenvalue weighted by atomic mass is 19.1. The van der Waals surface area contributed by atoms with E-state index >= 15 is 0 Å². The molecule has 0 saturated carbocycles. The Morgan fingerprint density at radius 3 is 2.58 bits per heavy atom. The highest BCUT2D eigenvalue weighted by Crippen LogP contribution is 2.42. The molecule has 208 valence electrons. The summed E-state index contributed by atoms with van der Waals surface area (Å²) in [7, 11) is 0. The highest BCUT2D eigenvalue weighted by Gasteiger charge is 2.33. The van der Waals surface area contributed by atoms with E-state index < -0.39 is 23.8 Å². The van der Waals surface area contributed by atoms with E-state index in [9.17, 15) is 18.7 Å². The van der Waals surface area contributed by atoms with Crippen molar-refractivity contribution >= 4 is 5.91 Å². The first-order valence-corrected chi connectivity index (χ1v) is 14.0. The molecule has 2 bridgehead atoms. The second-order valence-electron chi connectivity index (χ2n) is 10.4. The molecule has 1 amide bonds. The van der Waals surface area contributed by atoms with E-state index in [1.165, 1.54) is 12.1 Å². The second kappa shape index (κ2) is 14.0. The van der Waals surface area contributed by atoms with Gasteiger partial charge in [-0.3, -0.25) is 4.79 Å². The van der Waals surface area contributed by atoms with E-state index in [-0.39, 0.29) is 31.0 Å². The average Bonchev–Trinajstić information content (AvgIpc) is 3.22. The average molecular weight is 531 g/mol. The normalized spacial score (nSPS) is 25.3. The molecule has 2 aromatic rings. The van der Waals surface area contributed by atoms with Crippen molar-refractivity contribution in [1.29, 1.82) is 0 Å². The summed E-state index contributed by atoms with van der Waals surface area (Å²) in [6.07, 6.45) is 5.83. The summed E-state index contributed by atoms with van der Waals surface area (Å²) in [5.41, 5.74) is 2.60.